The zero-order valence-corrected chi connectivity index (χ0v) is 16.8. The number of benzene rings is 3. The van der Waals surface area contributed by atoms with Crippen LogP contribution in [0.5, 0.6) is 0 Å². The molecule has 3 aromatic rings. The van der Waals surface area contributed by atoms with Crippen molar-refractivity contribution in [3.05, 3.63) is 101 Å². The number of fused-ring (bicyclic) bond motifs is 3. The zero-order chi connectivity index (χ0) is 21.6. The van der Waals surface area contributed by atoms with Crippen molar-refractivity contribution in [2.45, 2.75) is 12.3 Å². The van der Waals surface area contributed by atoms with Crippen molar-refractivity contribution in [1.82, 2.24) is 5.32 Å². The lowest BCUT2D eigenvalue weighted by molar-refractivity contribution is 0.143. The Labute approximate surface area is 180 Å². The maximum absolute atomic E-state index is 13.4. The summed E-state index contributed by atoms with van der Waals surface area (Å²) in [5, 5.41) is 11.6. The third-order valence-electron chi connectivity index (χ3n) is 5.28. The van der Waals surface area contributed by atoms with Crippen LogP contribution in [0.4, 0.5) is 9.18 Å². The summed E-state index contributed by atoms with van der Waals surface area (Å²) in [6.07, 6.45) is 3.64. The second-order valence-corrected chi connectivity index (χ2v) is 7.33. The Kier molecular flexibility index (Phi) is 6.09. The van der Waals surface area contributed by atoms with E-state index in [1.807, 2.05) is 36.4 Å². The number of hydrogen-bond acceptors (Lipinski definition) is 3. The van der Waals surface area contributed by atoms with Crippen LogP contribution in [0.2, 0.25) is 0 Å². The standard InChI is InChI=1S/C26H21FN2O2/c27-20-14-18(13-19(15-20)16-28)7-5-6-12-29-26(30)31-17-25-23-10-3-1-8-21(23)22-9-2-4-11-24(22)25/h1-5,7-11,13-15,25H,6,12,17H2,(H,29,30). The number of amides is 1. The predicted molar refractivity (Wildman–Crippen MR) is 118 cm³/mol. The Bertz CT molecular complexity index is 1130. The molecule has 0 saturated heterocycles. The maximum Gasteiger partial charge on any atom is 0.407 e. The lowest BCUT2D eigenvalue weighted by Crippen LogP contribution is -2.26. The van der Waals surface area contributed by atoms with E-state index in [4.69, 9.17) is 10.00 Å². The number of halogens is 1. The van der Waals surface area contributed by atoms with Gasteiger partial charge in [0.25, 0.3) is 0 Å². The number of nitrogens with one attached hydrogen (secondary N) is 1. The molecular formula is C26H21FN2O2. The molecule has 0 atom stereocenters. The van der Waals surface area contributed by atoms with Crippen molar-refractivity contribution in [1.29, 1.82) is 5.26 Å². The van der Waals surface area contributed by atoms with E-state index < -0.39 is 11.9 Å². The van der Waals surface area contributed by atoms with Crippen LogP contribution in [0.25, 0.3) is 17.2 Å². The minimum absolute atomic E-state index is 0.0281. The molecule has 154 valence electrons. The Morgan fingerprint density at radius 2 is 1.74 bits per heavy atom. The number of nitrogens with zero attached hydrogens (tertiary/aromatic N) is 1. The van der Waals surface area contributed by atoms with Gasteiger partial charge in [-0.15, -0.1) is 0 Å². The van der Waals surface area contributed by atoms with Crippen molar-refractivity contribution in [3.63, 3.8) is 0 Å². The molecule has 0 unspecified atom stereocenters. The average Bonchev–Trinajstić information content (AvgIpc) is 3.11. The summed E-state index contributed by atoms with van der Waals surface area (Å²) in [5.74, 6) is -0.421. The molecule has 3 aromatic carbocycles. The van der Waals surface area contributed by atoms with Crippen LogP contribution in [0.15, 0.2) is 72.8 Å². The monoisotopic (exact) mass is 412 g/mol. The van der Waals surface area contributed by atoms with Crippen molar-refractivity contribution in [3.8, 4) is 17.2 Å². The summed E-state index contributed by atoms with van der Waals surface area (Å²) in [6.45, 7) is 0.670. The van der Waals surface area contributed by atoms with Crippen LogP contribution in [-0.4, -0.2) is 19.2 Å². The summed E-state index contributed by atoms with van der Waals surface area (Å²) >= 11 is 0. The molecule has 0 aliphatic heterocycles. The highest BCUT2D eigenvalue weighted by molar-refractivity contribution is 5.79. The Balaban J connectivity index is 1.28. The highest BCUT2D eigenvalue weighted by Crippen LogP contribution is 2.44. The first-order valence-electron chi connectivity index (χ1n) is 10.1. The van der Waals surface area contributed by atoms with Crippen LogP contribution in [0.3, 0.4) is 0 Å². The van der Waals surface area contributed by atoms with Crippen LogP contribution in [0.1, 0.15) is 34.6 Å². The third-order valence-corrected chi connectivity index (χ3v) is 5.28. The Morgan fingerprint density at radius 1 is 1.06 bits per heavy atom. The second kappa shape index (κ2) is 9.27. The molecule has 5 heteroatoms. The quantitative estimate of drug-likeness (QED) is 0.533. The summed E-state index contributed by atoms with van der Waals surface area (Å²) in [7, 11) is 0. The van der Waals surface area contributed by atoms with E-state index in [-0.39, 0.29) is 18.1 Å². The fourth-order valence-electron chi connectivity index (χ4n) is 3.90. The number of rotatable bonds is 6. The zero-order valence-electron chi connectivity index (χ0n) is 16.8. The normalized spacial score (nSPS) is 12.3. The summed E-state index contributed by atoms with van der Waals surface area (Å²) < 4.78 is 18.9. The first-order chi connectivity index (χ1) is 15.2. The number of alkyl carbamates (subject to hydrolysis) is 1. The molecule has 0 heterocycles. The topological polar surface area (TPSA) is 62.1 Å². The second-order valence-electron chi connectivity index (χ2n) is 7.33. The van der Waals surface area contributed by atoms with Crippen LogP contribution in [0, 0.1) is 17.1 Å². The van der Waals surface area contributed by atoms with Gasteiger partial charge < -0.3 is 10.1 Å². The van der Waals surface area contributed by atoms with E-state index in [0.717, 1.165) is 0 Å². The molecule has 0 bridgehead atoms. The minimum Gasteiger partial charge on any atom is -0.449 e. The SMILES string of the molecule is N#Cc1cc(F)cc(C=CCCNC(=O)OCC2c3ccccc3-c3ccccc32)c1. The Hall–Kier alpha value is -3.91. The molecule has 1 aliphatic carbocycles. The molecule has 0 spiro atoms. The highest BCUT2D eigenvalue weighted by Gasteiger charge is 2.28. The predicted octanol–water partition coefficient (Wildman–Crippen LogP) is 5.64. The first-order valence-corrected chi connectivity index (χ1v) is 10.1. The summed E-state index contributed by atoms with van der Waals surface area (Å²) in [4.78, 5) is 12.1. The fourth-order valence-corrected chi connectivity index (χ4v) is 3.90. The van der Waals surface area contributed by atoms with Crippen LogP contribution < -0.4 is 5.32 Å². The molecule has 4 rings (SSSR count). The number of ether oxygens (including phenoxy) is 1. The van der Waals surface area contributed by atoms with Gasteiger partial charge in [-0.2, -0.15) is 5.26 Å². The van der Waals surface area contributed by atoms with Gasteiger partial charge >= 0.3 is 6.09 Å². The van der Waals surface area contributed by atoms with Gasteiger partial charge in [-0.25, -0.2) is 9.18 Å². The van der Waals surface area contributed by atoms with Crippen molar-refractivity contribution in [2.24, 2.45) is 0 Å². The van der Waals surface area contributed by atoms with Gasteiger partial charge in [-0.3, -0.25) is 0 Å². The van der Waals surface area contributed by atoms with E-state index in [2.05, 4.69) is 29.6 Å². The molecule has 31 heavy (non-hydrogen) atoms. The molecular weight excluding hydrogens is 391 g/mol. The summed E-state index contributed by atoms with van der Waals surface area (Å²) in [5.41, 5.74) is 5.61. The highest BCUT2D eigenvalue weighted by atomic mass is 19.1. The molecule has 4 nitrogen and oxygen atoms in total. The first kappa shape index (κ1) is 20.4. The number of hydrogen-bond donors (Lipinski definition) is 1. The average molecular weight is 412 g/mol. The lowest BCUT2D eigenvalue weighted by Gasteiger charge is -2.14. The van der Waals surface area contributed by atoms with E-state index in [0.29, 0.717) is 18.5 Å². The van der Waals surface area contributed by atoms with Gasteiger partial charge in [0.1, 0.15) is 12.4 Å². The molecule has 1 amide bonds. The maximum atomic E-state index is 13.4. The molecule has 0 aromatic heterocycles. The number of carbonyl (C=O) groups is 1. The molecule has 0 fully saturated rings. The fraction of sp³-hybridized carbons (Fsp3) is 0.154. The van der Waals surface area contributed by atoms with Gasteiger partial charge in [-0.05, 0) is 52.4 Å². The van der Waals surface area contributed by atoms with Crippen molar-refractivity contribution < 1.29 is 13.9 Å². The molecule has 1 N–H and O–H groups in total. The molecule has 0 saturated carbocycles. The van der Waals surface area contributed by atoms with Gasteiger partial charge in [-0.1, -0.05) is 60.7 Å². The largest absolute Gasteiger partial charge is 0.449 e. The van der Waals surface area contributed by atoms with Crippen molar-refractivity contribution in [2.75, 3.05) is 13.2 Å². The smallest absolute Gasteiger partial charge is 0.407 e. The van der Waals surface area contributed by atoms with Gasteiger partial charge in [0.2, 0.25) is 0 Å². The van der Waals surface area contributed by atoms with E-state index in [1.54, 1.807) is 12.1 Å². The lowest BCUT2D eigenvalue weighted by atomic mass is 9.98. The number of nitriles is 1. The van der Waals surface area contributed by atoms with Gasteiger partial charge in [0.15, 0.2) is 0 Å². The van der Waals surface area contributed by atoms with E-state index in [9.17, 15) is 9.18 Å². The summed E-state index contributed by atoms with van der Waals surface area (Å²) in [6, 6.07) is 22.5. The van der Waals surface area contributed by atoms with Crippen molar-refractivity contribution >= 4 is 12.2 Å². The minimum atomic E-state index is -0.465. The van der Waals surface area contributed by atoms with Crippen LogP contribution >= 0.6 is 0 Å². The molecule has 0 radical (unpaired) electrons. The van der Waals surface area contributed by atoms with Crippen LogP contribution in [-0.2, 0) is 4.74 Å². The Morgan fingerprint density at radius 3 is 2.42 bits per heavy atom. The third kappa shape index (κ3) is 4.65. The number of carbonyl (C=O) groups excluding carboxylic acids is 1. The van der Waals surface area contributed by atoms with Gasteiger partial charge in [0.05, 0.1) is 11.6 Å². The molecule has 1 aliphatic rings. The van der Waals surface area contributed by atoms with E-state index >= 15 is 0 Å². The van der Waals surface area contributed by atoms with E-state index in [1.165, 1.54) is 34.4 Å². The van der Waals surface area contributed by atoms with Gasteiger partial charge in [0, 0.05) is 12.5 Å².